The monoisotopic (exact) mass is 250 g/mol. The van der Waals surface area contributed by atoms with Crippen LogP contribution in [0.25, 0.3) is 0 Å². The third kappa shape index (κ3) is 3.10. The minimum Gasteiger partial charge on any atom is -0.294 e. The number of rotatable bonds is 2. The van der Waals surface area contributed by atoms with Gasteiger partial charge in [-0.1, -0.05) is 31.4 Å². The molecule has 1 aliphatic rings. The summed E-state index contributed by atoms with van der Waals surface area (Å²) < 4.78 is 0. The molecule has 2 atom stereocenters. The van der Waals surface area contributed by atoms with Gasteiger partial charge in [0.1, 0.15) is 0 Å². The van der Waals surface area contributed by atoms with Crippen LogP contribution in [0, 0.1) is 18.8 Å². The first-order chi connectivity index (χ1) is 8.06. The number of aryl methyl sites for hydroxylation is 1. The summed E-state index contributed by atoms with van der Waals surface area (Å²) in [5.41, 5.74) is 1.85. The molecule has 0 spiro atoms. The highest BCUT2D eigenvalue weighted by molar-refractivity contribution is 6.31. The predicted molar refractivity (Wildman–Crippen MR) is 71.6 cm³/mol. The topological polar surface area (TPSA) is 17.1 Å². The highest BCUT2D eigenvalue weighted by Crippen LogP contribution is 2.31. The van der Waals surface area contributed by atoms with E-state index in [2.05, 4.69) is 6.92 Å². The number of hydrogen-bond donors (Lipinski definition) is 0. The summed E-state index contributed by atoms with van der Waals surface area (Å²) in [7, 11) is 0. The lowest BCUT2D eigenvalue weighted by Crippen LogP contribution is -2.21. The van der Waals surface area contributed by atoms with Crippen molar-refractivity contribution in [3.05, 3.63) is 34.3 Å². The van der Waals surface area contributed by atoms with Gasteiger partial charge in [-0.3, -0.25) is 4.79 Å². The van der Waals surface area contributed by atoms with Gasteiger partial charge in [-0.05, 0) is 49.4 Å². The van der Waals surface area contributed by atoms with Crippen LogP contribution in [0.2, 0.25) is 5.02 Å². The van der Waals surface area contributed by atoms with E-state index in [1.165, 1.54) is 12.8 Å². The van der Waals surface area contributed by atoms with Gasteiger partial charge in [0.2, 0.25) is 0 Å². The van der Waals surface area contributed by atoms with E-state index in [0.29, 0.717) is 10.9 Å². The smallest absolute Gasteiger partial charge is 0.166 e. The SMILES string of the molecule is Cc1cc(Cl)cc(C(=O)C2CCCC(C)C2)c1. The molecule has 0 aromatic heterocycles. The number of carbonyl (C=O) groups is 1. The summed E-state index contributed by atoms with van der Waals surface area (Å²) >= 11 is 6.01. The van der Waals surface area contributed by atoms with Crippen molar-refractivity contribution < 1.29 is 4.79 Å². The van der Waals surface area contributed by atoms with E-state index in [1.807, 2.05) is 19.1 Å². The first kappa shape index (κ1) is 12.6. The van der Waals surface area contributed by atoms with Crippen LogP contribution in [-0.4, -0.2) is 5.78 Å². The Morgan fingerprint density at radius 1 is 1.29 bits per heavy atom. The van der Waals surface area contributed by atoms with Crippen molar-refractivity contribution in [2.45, 2.75) is 39.5 Å². The summed E-state index contributed by atoms with van der Waals surface area (Å²) in [5, 5.41) is 0.664. The molecule has 1 aromatic carbocycles. The van der Waals surface area contributed by atoms with Crippen LogP contribution in [-0.2, 0) is 0 Å². The van der Waals surface area contributed by atoms with E-state index in [1.54, 1.807) is 6.07 Å². The fourth-order valence-corrected chi connectivity index (χ4v) is 3.08. The predicted octanol–water partition coefficient (Wildman–Crippen LogP) is 4.66. The molecule has 1 fully saturated rings. The second-order valence-corrected chi connectivity index (χ2v) is 5.79. The molecule has 17 heavy (non-hydrogen) atoms. The van der Waals surface area contributed by atoms with Crippen molar-refractivity contribution in [1.29, 1.82) is 0 Å². The zero-order chi connectivity index (χ0) is 12.4. The first-order valence-electron chi connectivity index (χ1n) is 6.37. The third-order valence-electron chi connectivity index (χ3n) is 3.63. The Balaban J connectivity index is 2.18. The Kier molecular flexibility index (Phi) is 3.88. The lowest BCUT2D eigenvalue weighted by atomic mass is 9.78. The van der Waals surface area contributed by atoms with Crippen molar-refractivity contribution in [2.75, 3.05) is 0 Å². The lowest BCUT2D eigenvalue weighted by Gasteiger charge is -2.25. The lowest BCUT2D eigenvalue weighted by molar-refractivity contribution is 0.0868. The van der Waals surface area contributed by atoms with Crippen molar-refractivity contribution in [3.63, 3.8) is 0 Å². The normalized spacial score (nSPS) is 24.6. The average molecular weight is 251 g/mol. The molecule has 2 rings (SSSR count). The molecule has 2 heteroatoms. The molecule has 0 radical (unpaired) electrons. The van der Waals surface area contributed by atoms with E-state index in [0.717, 1.165) is 24.0 Å². The highest BCUT2D eigenvalue weighted by atomic mass is 35.5. The molecule has 0 saturated heterocycles. The molecular weight excluding hydrogens is 232 g/mol. The maximum absolute atomic E-state index is 12.4. The van der Waals surface area contributed by atoms with E-state index in [4.69, 9.17) is 11.6 Å². The van der Waals surface area contributed by atoms with Crippen molar-refractivity contribution in [2.24, 2.45) is 11.8 Å². The standard InChI is InChI=1S/C15H19ClO/c1-10-4-3-5-12(6-10)15(17)13-7-11(2)8-14(16)9-13/h7-10,12H,3-6H2,1-2H3. The van der Waals surface area contributed by atoms with Crippen LogP contribution in [0.5, 0.6) is 0 Å². The molecule has 0 heterocycles. The summed E-state index contributed by atoms with van der Waals surface area (Å²) in [5.74, 6) is 1.16. The summed E-state index contributed by atoms with van der Waals surface area (Å²) in [6.45, 7) is 4.22. The number of hydrogen-bond acceptors (Lipinski definition) is 1. The zero-order valence-corrected chi connectivity index (χ0v) is 11.3. The van der Waals surface area contributed by atoms with E-state index in [-0.39, 0.29) is 11.7 Å². The van der Waals surface area contributed by atoms with Gasteiger partial charge in [0, 0.05) is 16.5 Å². The Morgan fingerprint density at radius 2 is 2.06 bits per heavy atom. The van der Waals surface area contributed by atoms with Gasteiger partial charge >= 0.3 is 0 Å². The zero-order valence-electron chi connectivity index (χ0n) is 10.5. The van der Waals surface area contributed by atoms with E-state index in [9.17, 15) is 4.79 Å². The molecule has 2 unspecified atom stereocenters. The van der Waals surface area contributed by atoms with Gasteiger partial charge in [-0.25, -0.2) is 0 Å². The maximum Gasteiger partial charge on any atom is 0.166 e. The van der Waals surface area contributed by atoms with E-state index < -0.39 is 0 Å². The van der Waals surface area contributed by atoms with Gasteiger partial charge in [-0.2, -0.15) is 0 Å². The minimum atomic E-state index is 0.205. The van der Waals surface area contributed by atoms with Gasteiger partial charge in [0.15, 0.2) is 5.78 Å². The van der Waals surface area contributed by atoms with Gasteiger partial charge in [0.25, 0.3) is 0 Å². The number of benzene rings is 1. The third-order valence-corrected chi connectivity index (χ3v) is 3.85. The molecular formula is C15H19ClO. The molecule has 0 bridgehead atoms. The molecule has 0 aliphatic heterocycles. The Morgan fingerprint density at radius 3 is 2.71 bits per heavy atom. The molecule has 92 valence electrons. The summed E-state index contributed by atoms with van der Waals surface area (Å²) in [6, 6.07) is 5.64. The number of halogens is 1. The molecule has 1 nitrogen and oxygen atoms in total. The highest BCUT2D eigenvalue weighted by Gasteiger charge is 2.25. The molecule has 0 amide bonds. The van der Waals surface area contributed by atoms with Crippen LogP contribution in [0.3, 0.4) is 0 Å². The second-order valence-electron chi connectivity index (χ2n) is 5.35. The Bertz CT molecular complexity index is 405. The minimum absolute atomic E-state index is 0.205. The molecule has 1 aliphatic carbocycles. The fraction of sp³-hybridized carbons (Fsp3) is 0.533. The Labute approximate surface area is 108 Å². The quantitative estimate of drug-likeness (QED) is 0.698. The van der Waals surface area contributed by atoms with E-state index >= 15 is 0 Å². The summed E-state index contributed by atoms with van der Waals surface area (Å²) in [4.78, 5) is 12.4. The largest absolute Gasteiger partial charge is 0.294 e. The summed E-state index contributed by atoms with van der Waals surface area (Å²) in [6.07, 6.45) is 4.51. The van der Waals surface area contributed by atoms with Crippen molar-refractivity contribution in [1.82, 2.24) is 0 Å². The fourth-order valence-electron chi connectivity index (χ4n) is 2.79. The average Bonchev–Trinajstić information content (AvgIpc) is 2.26. The van der Waals surface area contributed by atoms with Crippen LogP contribution < -0.4 is 0 Å². The van der Waals surface area contributed by atoms with Crippen LogP contribution in [0.4, 0.5) is 0 Å². The van der Waals surface area contributed by atoms with Gasteiger partial charge in [-0.15, -0.1) is 0 Å². The molecule has 0 N–H and O–H groups in total. The van der Waals surface area contributed by atoms with Crippen LogP contribution >= 0.6 is 11.6 Å². The molecule has 1 saturated carbocycles. The van der Waals surface area contributed by atoms with Crippen LogP contribution in [0.1, 0.15) is 48.5 Å². The second kappa shape index (κ2) is 5.22. The first-order valence-corrected chi connectivity index (χ1v) is 6.75. The Hall–Kier alpha value is -0.820. The van der Waals surface area contributed by atoms with Crippen molar-refractivity contribution in [3.8, 4) is 0 Å². The maximum atomic E-state index is 12.4. The van der Waals surface area contributed by atoms with Crippen molar-refractivity contribution >= 4 is 17.4 Å². The van der Waals surface area contributed by atoms with Gasteiger partial charge in [0.05, 0.1) is 0 Å². The number of ketones is 1. The van der Waals surface area contributed by atoms with Gasteiger partial charge < -0.3 is 0 Å². The molecule has 1 aromatic rings. The van der Waals surface area contributed by atoms with Crippen LogP contribution in [0.15, 0.2) is 18.2 Å². The number of carbonyl (C=O) groups excluding carboxylic acids is 1. The number of Topliss-reactive ketones (excluding diaryl/α,β-unsaturated/α-hetero) is 1.